The number of rotatable bonds is 10. The number of pyridine rings is 1. The van der Waals surface area contributed by atoms with Crippen LogP contribution in [0.1, 0.15) is 19.4 Å². The van der Waals surface area contributed by atoms with Gasteiger partial charge >= 0.3 is 0 Å². The van der Waals surface area contributed by atoms with E-state index in [0.717, 1.165) is 38.7 Å². The molecule has 5 nitrogen and oxygen atoms in total. The number of nitrogens with zero attached hydrogens (tertiary/aromatic N) is 2. The summed E-state index contributed by atoms with van der Waals surface area (Å²) in [6, 6.07) is 4.14. The summed E-state index contributed by atoms with van der Waals surface area (Å²) in [7, 11) is 3.74. The normalized spacial score (nSPS) is 11.1. The quantitative estimate of drug-likeness (QED) is 0.661. The minimum atomic E-state index is 0.275. The molecule has 0 atom stereocenters. The van der Waals surface area contributed by atoms with E-state index in [1.807, 2.05) is 33.2 Å². The predicted octanol–water partition coefficient (Wildman–Crippen LogP) is 1.68. The van der Waals surface area contributed by atoms with Crippen molar-refractivity contribution in [3.05, 3.63) is 23.9 Å². The van der Waals surface area contributed by atoms with Gasteiger partial charge in [0.1, 0.15) is 5.82 Å². The fourth-order valence-corrected chi connectivity index (χ4v) is 1.69. The first-order valence-electron chi connectivity index (χ1n) is 7.10. The zero-order valence-corrected chi connectivity index (χ0v) is 13.1. The molecule has 0 aromatic carbocycles. The van der Waals surface area contributed by atoms with E-state index in [0.29, 0.717) is 0 Å². The van der Waals surface area contributed by atoms with Crippen molar-refractivity contribution in [2.45, 2.75) is 26.5 Å². The SMILES string of the molecule is COCCNCc1ccc(N(C)CCOC(C)C)nc1. The van der Waals surface area contributed by atoms with Crippen LogP contribution in [0.3, 0.4) is 0 Å². The number of nitrogens with one attached hydrogen (secondary N) is 1. The highest BCUT2D eigenvalue weighted by atomic mass is 16.5. The Balaban J connectivity index is 2.33. The third-order valence-corrected chi connectivity index (χ3v) is 2.89. The van der Waals surface area contributed by atoms with Crippen LogP contribution in [-0.2, 0) is 16.0 Å². The van der Waals surface area contributed by atoms with Crippen molar-refractivity contribution in [3.8, 4) is 0 Å². The number of ether oxygens (including phenoxy) is 2. The summed E-state index contributed by atoms with van der Waals surface area (Å²) in [6.07, 6.45) is 2.19. The van der Waals surface area contributed by atoms with Gasteiger partial charge in [-0.05, 0) is 25.5 Å². The lowest BCUT2D eigenvalue weighted by Gasteiger charge is -2.19. The van der Waals surface area contributed by atoms with Gasteiger partial charge in [0, 0.05) is 40.0 Å². The zero-order chi connectivity index (χ0) is 14.8. The Bertz CT molecular complexity index is 355. The maximum Gasteiger partial charge on any atom is 0.128 e. The molecule has 0 aliphatic carbocycles. The Hall–Kier alpha value is -1.17. The second-order valence-corrected chi connectivity index (χ2v) is 5.04. The molecule has 0 aliphatic heterocycles. The predicted molar refractivity (Wildman–Crippen MR) is 82.2 cm³/mol. The van der Waals surface area contributed by atoms with Gasteiger partial charge in [-0.25, -0.2) is 4.98 Å². The highest BCUT2D eigenvalue weighted by Gasteiger charge is 2.03. The molecule has 0 aliphatic rings. The Morgan fingerprint density at radius 2 is 2.10 bits per heavy atom. The van der Waals surface area contributed by atoms with Gasteiger partial charge < -0.3 is 19.7 Å². The van der Waals surface area contributed by atoms with Gasteiger partial charge in [0.05, 0.1) is 19.3 Å². The Kier molecular flexibility index (Phi) is 8.18. The van der Waals surface area contributed by atoms with Gasteiger partial charge in [-0.2, -0.15) is 0 Å². The first kappa shape index (κ1) is 16.9. The van der Waals surface area contributed by atoms with Crippen LogP contribution in [0.25, 0.3) is 0 Å². The van der Waals surface area contributed by atoms with Crippen LogP contribution in [0.2, 0.25) is 0 Å². The Morgan fingerprint density at radius 1 is 1.30 bits per heavy atom. The monoisotopic (exact) mass is 281 g/mol. The molecule has 1 aromatic heterocycles. The van der Waals surface area contributed by atoms with E-state index in [4.69, 9.17) is 9.47 Å². The number of hydrogen-bond donors (Lipinski definition) is 1. The second kappa shape index (κ2) is 9.69. The molecule has 1 aromatic rings. The number of aromatic nitrogens is 1. The molecule has 5 heteroatoms. The first-order chi connectivity index (χ1) is 9.63. The number of methoxy groups -OCH3 is 1. The van der Waals surface area contributed by atoms with Crippen LogP contribution in [0.15, 0.2) is 18.3 Å². The summed E-state index contributed by atoms with van der Waals surface area (Å²) in [5, 5.41) is 3.30. The lowest BCUT2D eigenvalue weighted by molar-refractivity contribution is 0.0845. The van der Waals surface area contributed by atoms with Crippen LogP contribution in [0.4, 0.5) is 5.82 Å². The highest BCUT2D eigenvalue weighted by Crippen LogP contribution is 2.09. The lowest BCUT2D eigenvalue weighted by Crippen LogP contribution is -2.25. The van der Waals surface area contributed by atoms with Crippen LogP contribution in [-0.4, -0.2) is 51.5 Å². The molecule has 0 unspecified atom stereocenters. The van der Waals surface area contributed by atoms with E-state index in [9.17, 15) is 0 Å². The van der Waals surface area contributed by atoms with Crippen molar-refractivity contribution < 1.29 is 9.47 Å². The summed E-state index contributed by atoms with van der Waals surface area (Å²) in [5.74, 6) is 0.970. The fraction of sp³-hybridized carbons (Fsp3) is 0.667. The van der Waals surface area contributed by atoms with Gasteiger partial charge in [-0.3, -0.25) is 0 Å². The molecule has 0 saturated heterocycles. The molecule has 0 amide bonds. The summed E-state index contributed by atoms with van der Waals surface area (Å²) in [4.78, 5) is 6.58. The van der Waals surface area contributed by atoms with Gasteiger partial charge in [0.2, 0.25) is 0 Å². The van der Waals surface area contributed by atoms with E-state index >= 15 is 0 Å². The van der Waals surface area contributed by atoms with Crippen LogP contribution in [0.5, 0.6) is 0 Å². The molecular weight excluding hydrogens is 254 g/mol. The third-order valence-electron chi connectivity index (χ3n) is 2.89. The standard InChI is InChI=1S/C15H27N3O2/c1-13(2)20-10-8-18(3)15-6-5-14(12-17-15)11-16-7-9-19-4/h5-6,12-13,16H,7-11H2,1-4H3. The largest absolute Gasteiger partial charge is 0.383 e. The Morgan fingerprint density at radius 3 is 2.70 bits per heavy atom. The molecule has 1 heterocycles. The van der Waals surface area contributed by atoms with E-state index < -0.39 is 0 Å². The molecule has 0 fully saturated rings. The Labute approximate surface area is 122 Å². The maximum atomic E-state index is 5.54. The van der Waals surface area contributed by atoms with Gasteiger partial charge in [-0.15, -0.1) is 0 Å². The van der Waals surface area contributed by atoms with Crippen molar-refractivity contribution in [2.24, 2.45) is 0 Å². The second-order valence-electron chi connectivity index (χ2n) is 5.04. The summed E-state index contributed by atoms with van der Waals surface area (Å²) in [6.45, 7) is 8.05. The smallest absolute Gasteiger partial charge is 0.128 e. The summed E-state index contributed by atoms with van der Waals surface area (Å²) >= 11 is 0. The van der Waals surface area contributed by atoms with E-state index in [2.05, 4.69) is 21.3 Å². The number of likely N-dealkylation sites (N-methyl/N-ethyl adjacent to an activating group) is 1. The van der Waals surface area contributed by atoms with Crippen molar-refractivity contribution in [3.63, 3.8) is 0 Å². The molecule has 0 radical (unpaired) electrons. The molecule has 0 spiro atoms. The molecule has 1 rings (SSSR count). The van der Waals surface area contributed by atoms with Gasteiger partial charge in [0.15, 0.2) is 0 Å². The van der Waals surface area contributed by atoms with Gasteiger partial charge in [-0.1, -0.05) is 6.07 Å². The molecule has 1 N–H and O–H groups in total. The van der Waals surface area contributed by atoms with Crippen LogP contribution in [0, 0.1) is 0 Å². The maximum absolute atomic E-state index is 5.54. The van der Waals surface area contributed by atoms with Gasteiger partial charge in [0.25, 0.3) is 0 Å². The van der Waals surface area contributed by atoms with E-state index in [-0.39, 0.29) is 6.10 Å². The van der Waals surface area contributed by atoms with E-state index in [1.165, 1.54) is 5.56 Å². The molecule has 0 bridgehead atoms. The number of anilines is 1. The third kappa shape index (κ3) is 6.84. The lowest BCUT2D eigenvalue weighted by atomic mass is 10.2. The topological polar surface area (TPSA) is 46.6 Å². The molecule has 114 valence electrons. The van der Waals surface area contributed by atoms with Crippen molar-refractivity contribution >= 4 is 5.82 Å². The average Bonchev–Trinajstić information content (AvgIpc) is 2.44. The van der Waals surface area contributed by atoms with Crippen LogP contribution >= 0.6 is 0 Å². The minimum absolute atomic E-state index is 0.275. The summed E-state index contributed by atoms with van der Waals surface area (Å²) in [5.41, 5.74) is 1.18. The average molecular weight is 281 g/mol. The first-order valence-corrected chi connectivity index (χ1v) is 7.10. The molecular formula is C15H27N3O2. The van der Waals surface area contributed by atoms with Crippen LogP contribution < -0.4 is 10.2 Å². The van der Waals surface area contributed by atoms with Crippen molar-refractivity contribution in [2.75, 3.05) is 45.4 Å². The van der Waals surface area contributed by atoms with Crippen molar-refractivity contribution in [1.82, 2.24) is 10.3 Å². The number of hydrogen-bond acceptors (Lipinski definition) is 5. The molecule has 0 saturated carbocycles. The highest BCUT2D eigenvalue weighted by molar-refractivity contribution is 5.38. The minimum Gasteiger partial charge on any atom is -0.383 e. The summed E-state index contributed by atoms with van der Waals surface area (Å²) < 4.78 is 10.5. The van der Waals surface area contributed by atoms with Crippen molar-refractivity contribution in [1.29, 1.82) is 0 Å². The fourth-order valence-electron chi connectivity index (χ4n) is 1.69. The van der Waals surface area contributed by atoms with E-state index in [1.54, 1.807) is 7.11 Å². The molecule has 20 heavy (non-hydrogen) atoms. The zero-order valence-electron chi connectivity index (χ0n) is 13.1.